The lowest BCUT2D eigenvalue weighted by molar-refractivity contribution is 0.0692. The van der Waals surface area contributed by atoms with Crippen LogP contribution in [0.15, 0.2) is 36.4 Å². The zero-order valence-electron chi connectivity index (χ0n) is 9.52. The van der Waals surface area contributed by atoms with Crippen molar-refractivity contribution in [1.29, 1.82) is 5.26 Å². The largest absolute Gasteiger partial charge is 0.478 e. The normalized spacial score (nSPS) is 9.95. The first kappa shape index (κ1) is 12.7. The Labute approximate surface area is 107 Å². The van der Waals surface area contributed by atoms with E-state index < -0.39 is 23.2 Å². The third-order valence-electron chi connectivity index (χ3n) is 2.57. The van der Waals surface area contributed by atoms with Crippen LogP contribution in [0, 0.1) is 23.0 Å². The van der Waals surface area contributed by atoms with Gasteiger partial charge in [0, 0.05) is 5.56 Å². The van der Waals surface area contributed by atoms with Gasteiger partial charge in [-0.2, -0.15) is 5.26 Å². The van der Waals surface area contributed by atoms with Gasteiger partial charge < -0.3 is 5.11 Å². The number of nitriles is 1. The molecule has 94 valence electrons. The SMILES string of the molecule is N#Cc1cc(F)cc(-c2cccc(C(=O)O)c2F)c1. The molecule has 0 aromatic heterocycles. The van der Waals surface area contributed by atoms with E-state index in [-0.39, 0.29) is 16.7 Å². The monoisotopic (exact) mass is 259 g/mol. The highest BCUT2D eigenvalue weighted by Crippen LogP contribution is 2.26. The van der Waals surface area contributed by atoms with E-state index >= 15 is 0 Å². The summed E-state index contributed by atoms with van der Waals surface area (Å²) in [5, 5.41) is 17.6. The van der Waals surface area contributed by atoms with Gasteiger partial charge in [-0.3, -0.25) is 0 Å². The van der Waals surface area contributed by atoms with Crippen molar-refractivity contribution in [1.82, 2.24) is 0 Å². The minimum absolute atomic E-state index is 0.0372. The molecule has 0 atom stereocenters. The van der Waals surface area contributed by atoms with Crippen molar-refractivity contribution in [2.45, 2.75) is 0 Å². The highest BCUT2D eigenvalue weighted by molar-refractivity contribution is 5.90. The van der Waals surface area contributed by atoms with Gasteiger partial charge in [0.2, 0.25) is 0 Å². The highest BCUT2D eigenvalue weighted by atomic mass is 19.1. The molecule has 0 radical (unpaired) electrons. The third kappa shape index (κ3) is 2.43. The lowest BCUT2D eigenvalue weighted by Gasteiger charge is -2.06. The van der Waals surface area contributed by atoms with Gasteiger partial charge in [0.15, 0.2) is 0 Å². The molecular weight excluding hydrogens is 252 g/mol. The van der Waals surface area contributed by atoms with Crippen molar-refractivity contribution in [3.8, 4) is 17.2 Å². The van der Waals surface area contributed by atoms with Crippen LogP contribution in [0.1, 0.15) is 15.9 Å². The number of benzene rings is 2. The predicted octanol–water partition coefficient (Wildman–Crippen LogP) is 3.20. The van der Waals surface area contributed by atoms with Crippen LogP contribution in [0.3, 0.4) is 0 Å². The van der Waals surface area contributed by atoms with Crippen molar-refractivity contribution in [3.63, 3.8) is 0 Å². The van der Waals surface area contributed by atoms with E-state index in [2.05, 4.69) is 0 Å². The summed E-state index contributed by atoms with van der Waals surface area (Å²) in [7, 11) is 0. The third-order valence-corrected chi connectivity index (χ3v) is 2.57. The smallest absolute Gasteiger partial charge is 0.338 e. The first-order valence-corrected chi connectivity index (χ1v) is 5.26. The maximum atomic E-state index is 14.0. The molecule has 19 heavy (non-hydrogen) atoms. The topological polar surface area (TPSA) is 61.1 Å². The maximum absolute atomic E-state index is 14.0. The van der Waals surface area contributed by atoms with Crippen LogP contribution < -0.4 is 0 Å². The fourth-order valence-electron chi connectivity index (χ4n) is 1.73. The molecule has 1 N–H and O–H groups in total. The number of nitrogens with zero attached hydrogens (tertiary/aromatic N) is 1. The van der Waals surface area contributed by atoms with E-state index in [9.17, 15) is 13.6 Å². The van der Waals surface area contributed by atoms with E-state index in [0.717, 1.165) is 18.2 Å². The van der Waals surface area contributed by atoms with E-state index in [1.165, 1.54) is 18.2 Å². The Morgan fingerprint density at radius 1 is 1.21 bits per heavy atom. The summed E-state index contributed by atoms with van der Waals surface area (Å²) in [5.74, 6) is -3.05. The predicted molar refractivity (Wildman–Crippen MR) is 63.5 cm³/mol. The second kappa shape index (κ2) is 4.86. The zero-order chi connectivity index (χ0) is 14.0. The molecule has 0 amide bonds. The van der Waals surface area contributed by atoms with E-state index in [0.29, 0.717) is 0 Å². The Kier molecular flexibility index (Phi) is 3.25. The summed E-state index contributed by atoms with van der Waals surface area (Å²) in [6.07, 6.45) is 0. The molecular formula is C14H7F2NO2. The molecule has 2 aromatic rings. The number of carbonyl (C=O) groups is 1. The van der Waals surface area contributed by atoms with Crippen LogP contribution in [0.25, 0.3) is 11.1 Å². The van der Waals surface area contributed by atoms with Crippen molar-refractivity contribution < 1.29 is 18.7 Å². The number of rotatable bonds is 2. The molecule has 0 saturated carbocycles. The standard InChI is InChI=1S/C14H7F2NO2/c15-10-5-8(7-17)4-9(6-10)11-2-1-3-12(13(11)16)14(18)19/h1-6H,(H,18,19). The van der Waals surface area contributed by atoms with Gasteiger partial charge in [-0.25, -0.2) is 13.6 Å². The first-order chi connectivity index (χ1) is 9.02. The molecule has 0 aliphatic heterocycles. The Morgan fingerprint density at radius 3 is 2.58 bits per heavy atom. The minimum atomic E-state index is -1.41. The quantitative estimate of drug-likeness (QED) is 0.900. The summed E-state index contributed by atoms with van der Waals surface area (Å²) < 4.78 is 27.3. The van der Waals surface area contributed by atoms with Gasteiger partial charge in [-0.1, -0.05) is 12.1 Å². The van der Waals surface area contributed by atoms with Gasteiger partial charge in [-0.05, 0) is 29.8 Å². The Balaban J connectivity index is 2.66. The number of hydrogen-bond donors (Lipinski definition) is 1. The summed E-state index contributed by atoms with van der Waals surface area (Å²) in [4.78, 5) is 10.8. The number of carboxylic acid groups (broad SMARTS) is 1. The van der Waals surface area contributed by atoms with Gasteiger partial charge in [0.25, 0.3) is 0 Å². The molecule has 2 aromatic carbocycles. The number of carboxylic acids is 1. The van der Waals surface area contributed by atoms with Crippen LogP contribution in [0.2, 0.25) is 0 Å². The molecule has 0 aliphatic rings. The minimum Gasteiger partial charge on any atom is -0.478 e. The zero-order valence-corrected chi connectivity index (χ0v) is 9.52. The summed E-state index contributed by atoms with van der Waals surface area (Å²) in [6.45, 7) is 0. The van der Waals surface area contributed by atoms with Gasteiger partial charge in [0.1, 0.15) is 11.6 Å². The van der Waals surface area contributed by atoms with Crippen LogP contribution in [-0.2, 0) is 0 Å². The van der Waals surface area contributed by atoms with E-state index in [1.54, 1.807) is 6.07 Å². The van der Waals surface area contributed by atoms with Crippen LogP contribution in [-0.4, -0.2) is 11.1 Å². The number of aromatic carboxylic acids is 1. The van der Waals surface area contributed by atoms with E-state index in [4.69, 9.17) is 10.4 Å². The number of halogens is 2. The van der Waals surface area contributed by atoms with Crippen LogP contribution >= 0.6 is 0 Å². The summed E-state index contributed by atoms with van der Waals surface area (Å²) >= 11 is 0. The Bertz CT molecular complexity index is 705. The fourth-order valence-corrected chi connectivity index (χ4v) is 1.73. The second-order valence-electron chi connectivity index (χ2n) is 3.81. The molecule has 0 aliphatic carbocycles. The average Bonchev–Trinajstić information content (AvgIpc) is 2.37. The molecule has 3 nitrogen and oxygen atoms in total. The summed E-state index contributed by atoms with van der Waals surface area (Å²) in [5.41, 5.74) is -0.400. The van der Waals surface area contributed by atoms with Crippen LogP contribution in [0.4, 0.5) is 8.78 Å². The molecule has 5 heteroatoms. The van der Waals surface area contributed by atoms with Gasteiger partial charge >= 0.3 is 5.97 Å². The fraction of sp³-hybridized carbons (Fsp3) is 0. The lowest BCUT2D eigenvalue weighted by atomic mass is 10.00. The van der Waals surface area contributed by atoms with Crippen molar-refractivity contribution in [3.05, 3.63) is 59.2 Å². The maximum Gasteiger partial charge on any atom is 0.338 e. The highest BCUT2D eigenvalue weighted by Gasteiger charge is 2.15. The van der Waals surface area contributed by atoms with E-state index in [1.807, 2.05) is 0 Å². The molecule has 0 spiro atoms. The van der Waals surface area contributed by atoms with Crippen molar-refractivity contribution in [2.24, 2.45) is 0 Å². The van der Waals surface area contributed by atoms with Gasteiger partial charge in [0.05, 0.1) is 17.2 Å². The first-order valence-electron chi connectivity index (χ1n) is 5.26. The van der Waals surface area contributed by atoms with Crippen molar-refractivity contribution >= 4 is 5.97 Å². The molecule has 0 heterocycles. The molecule has 0 bridgehead atoms. The summed E-state index contributed by atoms with van der Waals surface area (Å²) in [6, 6.07) is 8.93. The Hall–Kier alpha value is -2.74. The van der Waals surface area contributed by atoms with Crippen LogP contribution in [0.5, 0.6) is 0 Å². The Morgan fingerprint density at radius 2 is 1.95 bits per heavy atom. The van der Waals surface area contributed by atoms with Crippen molar-refractivity contribution in [2.75, 3.05) is 0 Å². The molecule has 0 fully saturated rings. The number of hydrogen-bond acceptors (Lipinski definition) is 2. The average molecular weight is 259 g/mol. The second-order valence-corrected chi connectivity index (χ2v) is 3.81. The molecule has 0 unspecified atom stereocenters. The molecule has 2 rings (SSSR count). The lowest BCUT2D eigenvalue weighted by Crippen LogP contribution is -2.01. The van der Waals surface area contributed by atoms with Gasteiger partial charge in [-0.15, -0.1) is 0 Å². The molecule has 0 saturated heterocycles.